The summed E-state index contributed by atoms with van der Waals surface area (Å²) in [5, 5.41) is 73.7. The van der Waals surface area contributed by atoms with Crippen LogP contribution in [0.2, 0.25) is 0 Å². The zero-order valence-electron chi connectivity index (χ0n) is 36.9. The van der Waals surface area contributed by atoms with Crippen molar-refractivity contribution >= 4 is 0 Å². The topological polar surface area (TPSA) is 359 Å². The van der Waals surface area contributed by atoms with E-state index in [2.05, 4.69) is 0 Å². The Kier molecular flexibility index (Phi) is 11.5. The van der Waals surface area contributed by atoms with E-state index in [0.29, 0.717) is 0 Å². The number of aliphatic hydroxyl groups excluding tert-OH is 7. The molecule has 392 valence electrons. The van der Waals surface area contributed by atoms with Gasteiger partial charge in [0.15, 0.2) is 44.0 Å². The molecule has 22 heterocycles. The fraction of sp³-hybridized carbons (Fsp3) is 1.00. The van der Waals surface area contributed by atoms with Crippen LogP contribution >= 0.6 is 0 Å². The Morgan fingerprint density at radius 2 is 0.271 bits per heavy atom. The van der Waals surface area contributed by atoms with E-state index in [1.165, 1.54) is 0 Å². The molecule has 0 spiro atoms. The first-order valence-corrected chi connectivity index (χ1v) is 24.3. The van der Waals surface area contributed by atoms with Gasteiger partial charge in [0.25, 0.3) is 0 Å². The maximum absolute atomic E-state index is 10.5. The highest BCUT2D eigenvalue weighted by atomic mass is 16.8. The molecule has 22 fully saturated rings. The lowest BCUT2D eigenvalue weighted by Gasteiger charge is -2.41. The summed E-state index contributed by atoms with van der Waals surface area (Å²) in [6.07, 6.45) is -28.0. The van der Waals surface area contributed by atoms with Gasteiger partial charge in [0.1, 0.15) is 171 Å². The monoisotopic (exact) mass is 1010 g/mol. The second-order valence-corrected chi connectivity index (χ2v) is 20.2. The molecule has 35 atom stereocenters. The van der Waals surface area contributed by atoms with Gasteiger partial charge in [-0.3, -0.25) is 0 Å². The molecule has 0 unspecified atom stereocenters. The predicted molar refractivity (Wildman–Crippen MR) is 205 cm³/mol. The lowest BCUT2D eigenvalue weighted by molar-refractivity contribution is -0.316. The molecule has 22 saturated heterocycles. The van der Waals surface area contributed by atoms with Gasteiger partial charge in [0, 0.05) is 0 Å². The third kappa shape index (κ3) is 7.64. The van der Waals surface area contributed by atoms with Crippen LogP contribution in [0.3, 0.4) is 0 Å². The summed E-state index contributed by atoms with van der Waals surface area (Å²) in [6.45, 7) is -3.37. The molecule has 22 rings (SSSR count). The molecule has 0 aromatic rings. The Bertz CT molecular complexity index is 1570. The minimum atomic E-state index is -1.01. The molecule has 0 amide bonds. The predicted octanol–water partition coefficient (Wildman–Crippen LogP) is -7.91. The molecule has 70 heavy (non-hydrogen) atoms. The van der Waals surface area contributed by atoms with Crippen LogP contribution in [0.1, 0.15) is 0 Å². The van der Waals surface area contributed by atoms with Crippen LogP contribution in [0, 0.1) is 0 Å². The van der Waals surface area contributed by atoms with Crippen LogP contribution in [0.25, 0.3) is 0 Å². The van der Waals surface area contributed by atoms with Crippen LogP contribution < -0.4 is 0 Å². The molecule has 7 N–H and O–H groups in total. The Labute approximate surface area is 396 Å². The molecule has 28 heteroatoms. The van der Waals surface area contributed by atoms with Gasteiger partial charge in [0.2, 0.25) is 0 Å². The largest absolute Gasteiger partial charge is 0.394 e. The summed E-state index contributed by atoms with van der Waals surface area (Å²) in [5.41, 5.74) is 0. The first-order chi connectivity index (χ1) is 34.3. The van der Waals surface area contributed by atoms with Gasteiger partial charge in [0.05, 0.1) is 46.2 Å². The van der Waals surface area contributed by atoms with Crippen molar-refractivity contribution in [1.29, 1.82) is 0 Å². The van der Waals surface area contributed by atoms with E-state index in [1.807, 2.05) is 0 Å². The van der Waals surface area contributed by atoms with Gasteiger partial charge in [-0.1, -0.05) is 0 Å². The van der Waals surface area contributed by atoms with Crippen LogP contribution in [-0.2, 0) is 99.5 Å². The van der Waals surface area contributed by atoms with Gasteiger partial charge in [-0.15, -0.1) is 0 Å². The Hall–Kier alpha value is -1.12. The Morgan fingerprint density at radius 3 is 0.386 bits per heavy atom. The molecule has 0 aliphatic carbocycles. The lowest BCUT2D eigenvalue weighted by Crippen LogP contribution is -2.58. The molecule has 22 aliphatic rings. The molecule has 0 radical (unpaired) electrons. The number of hydrogen-bond donors (Lipinski definition) is 7. The summed E-state index contributed by atoms with van der Waals surface area (Å²) < 4.78 is 130. The summed E-state index contributed by atoms with van der Waals surface area (Å²) in [5.74, 6) is 0. The molecule has 0 saturated carbocycles. The first-order valence-electron chi connectivity index (χ1n) is 24.3. The number of fused-ring (bicyclic) bond motifs is 6. The highest BCUT2D eigenvalue weighted by Gasteiger charge is 2.71. The maximum Gasteiger partial charge on any atom is 0.187 e. The summed E-state index contributed by atoms with van der Waals surface area (Å²) in [7, 11) is 0. The maximum atomic E-state index is 10.5. The third-order valence-electron chi connectivity index (χ3n) is 16.1. The van der Waals surface area contributed by atoms with Crippen molar-refractivity contribution in [2.75, 3.05) is 46.2 Å². The lowest BCUT2D eigenvalue weighted by atomic mass is 10.0. The van der Waals surface area contributed by atoms with E-state index in [4.69, 9.17) is 99.5 Å². The van der Waals surface area contributed by atoms with Crippen LogP contribution in [0.5, 0.6) is 0 Å². The van der Waals surface area contributed by atoms with Gasteiger partial charge < -0.3 is 135 Å². The van der Waals surface area contributed by atoms with Crippen molar-refractivity contribution in [2.45, 2.75) is 215 Å². The molecule has 28 nitrogen and oxygen atoms in total. The first kappa shape index (κ1) is 46.2. The number of rotatable bonds is 7. The molecule has 14 bridgehead atoms. The highest BCUT2D eigenvalue weighted by molar-refractivity contribution is 5.12. The Morgan fingerprint density at radius 1 is 0.143 bits per heavy atom. The van der Waals surface area contributed by atoms with E-state index in [1.54, 1.807) is 0 Å². The SMILES string of the molecule is OC[C@H]1O[C@@H]2O[C@H]3[C@@H]4O[C@@H]4[C@@H](O[C@H]4[C@@H]5O[C@@H]5[C@@H](O[C@H]5[C@H]6O[C@@H]6[C@@H](O[C@H]6[C@@H]7O[C@@H]7[C@@H](O[C@H]7[C@@H]8O[C@@H]8[C@@H](O[C@H]8[C@@H]9O[C@@H]9[C@@H](O[C@H]1[C@@H]1O[C@H]21)O[C@@H]8CO)O[C@@H]7CO)O[C@@H]6CO)O[C@@H]5CO)O[C@@H]4CO)O[C@@H]3CO. The average Bonchev–Trinajstić information content (AvgIpc) is 4.15. The van der Waals surface area contributed by atoms with Gasteiger partial charge in [-0.25, -0.2) is 0 Å². The summed E-state index contributed by atoms with van der Waals surface area (Å²) in [4.78, 5) is 0. The van der Waals surface area contributed by atoms with Gasteiger partial charge in [-0.2, -0.15) is 0 Å². The smallest absolute Gasteiger partial charge is 0.187 e. The highest BCUT2D eigenvalue weighted by Crippen LogP contribution is 2.52. The number of epoxide rings is 7. The molecule has 0 aromatic heterocycles. The normalized spacial score (nSPS) is 62.7. The minimum absolute atomic E-state index is 0.481. The molecule has 22 aliphatic heterocycles. The van der Waals surface area contributed by atoms with E-state index < -0.39 is 261 Å². The molecule has 0 aromatic carbocycles. The number of hydrogen-bond acceptors (Lipinski definition) is 28. The number of ether oxygens (including phenoxy) is 21. The van der Waals surface area contributed by atoms with Crippen molar-refractivity contribution in [3.8, 4) is 0 Å². The summed E-state index contributed by atoms with van der Waals surface area (Å²) in [6, 6.07) is 0. The fourth-order valence-corrected chi connectivity index (χ4v) is 12.1. The van der Waals surface area contributed by atoms with E-state index in [-0.39, 0.29) is 0 Å². The van der Waals surface area contributed by atoms with Gasteiger partial charge in [-0.05, 0) is 0 Å². The van der Waals surface area contributed by atoms with Crippen molar-refractivity contribution in [2.24, 2.45) is 0 Å². The second-order valence-electron chi connectivity index (χ2n) is 20.2. The number of aliphatic hydroxyl groups is 7. The molecular formula is C42H56O28. The third-order valence-corrected chi connectivity index (χ3v) is 16.1. The second kappa shape index (κ2) is 17.5. The quantitative estimate of drug-likeness (QED) is 0.116. The average molecular weight is 1010 g/mol. The Balaban J connectivity index is 0.676. The van der Waals surface area contributed by atoms with Crippen LogP contribution in [-0.4, -0.2) is 297 Å². The van der Waals surface area contributed by atoms with Crippen LogP contribution in [0.15, 0.2) is 0 Å². The zero-order chi connectivity index (χ0) is 47.0. The zero-order valence-corrected chi connectivity index (χ0v) is 36.9. The van der Waals surface area contributed by atoms with Crippen LogP contribution in [0.4, 0.5) is 0 Å². The van der Waals surface area contributed by atoms with Crippen molar-refractivity contribution in [3.05, 3.63) is 0 Å². The van der Waals surface area contributed by atoms with Crippen molar-refractivity contribution in [3.63, 3.8) is 0 Å². The van der Waals surface area contributed by atoms with E-state index in [0.717, 1.165) is 0 Å². The van der Waals surface area contributed by atoms with E-state index >= 15 is 0 Å². The van der Waals surface area contributed by atoms with Crippen molar-refractivity contribution < 1.29 is 135 Å². The minimum Gasteiger partial charge on any atom is -0.394 e. The summed E-state index contributed by atoms with van der Waals surface area (Å²) >= 11 is 0. The fourth-order valence-electron chi connectivity index (χ4n) is 12.1. The van der Waals surface area contributed by atoms with Crippen molar-refractivity contribution in [1.82, 2.24) is 0 Å². The van der Waals surface area contributed by atoms with Gasteiger partial charge >= 0.3 is 0 Å². The van der Waals surface area contributed by atoms with E-state index in [9.17, 15) is 35.7 Å². The molecular weight excluding hydrogens is 952 g/mol. The standard InChI is InChI=1S/C42H56O28/c43-1-8-15-22-29(57-22)36(50-8)65-16-9(2-44)52-38(31-23(16)59-31)67-18-11(4-46)54-40(33-25(18)61-33)69-20-13(6-48)56-42(35-27(20)63-35)70-21-14(7-49)55-41(34-28(21)62-34)68-19-12(5-47)53-39(32-26(19)60-32)66-17-10(3-45)51-37(64-15)30-24(17)58-30/h8-49H,1-7H2/t8-,9-,10-,11-,12-,13-,14-,15-,16-,17-,18-,19-,20-,21-,22-,23+,24+,25+,26+,27+,28+,29+,30+,31+,32+,33+,34+,35+,36-,37-,38-,39-,40-,41-,42-/m1/s1.